The number of carbonyl (C=O) groups excluding carboxylic acids is 2. The highest BCUT2D eigenvalue weighted by Crippen LogP contribution is 2.31. The van der Waals surface area contributed by atoms with Gasteiger partial charge in [-0.05, 0) is 77.9 Å². The highest BCUT2D eigenvalue weighted by atomic mass is 16.5. The fourth-order valence-corrected chi connectivity index (χ4v) is 5.16. The van der Waals surface area contributed by atoms with Crippen LogP contribution in [-0.4, -0.2) is 33.1 Å². The Hall–Kier alpha value is -3.86. The number of aryl methyl sites for hydroxylation is 1. The van der Waals surface area contributed by atoms with Gasteiger partial charge in [-0.3, -0.25) is 4.79 Å². The van der Waals surface area contributed by atoms with Crippen molar-refractivity contribution in [1.82, 2.24) is 0 Å². The van der Waals surface area contributed by atoms with Crippen LogP contribution < -0.4 is 9.80 Å². The van der Waals surface area contributed by atoms with Crippen LogP contribution in [0.2, 0.25) is 0 Å². The van der Waals surface area contributed by atoms with E-state index in [0.717, 1.165) is 42.5 Å². The fraction of sp³-hybridized carbons (Fsp3) is 0.333. The molecule has 0 bridgehead atoms. The Morgan fingerprint density at radius 3 is 2.32 bits per heavy atom. The molecular weight excluding hydrogens is 472 g/mol. The molecule has 0 atom stereocenters. The molecule has 0 radical (unpaired) electrons. The second-order valence-electron chi connectivity index (χ2n) is 10.3. The van der Waals surface area contributed by atoms with Gasteiger partial charge in [-0.1, -0.05) is 61.7 Å². The Morgan fingerprint density at radius 2 is 1.66 bits per heavy atom. The number of carbonyl (C=O) groups is 2. The minimum atomic E-state index is -0.405. The Labute approximate surface area is 226 Å². The largest absolute Gasteiger partial charge is 0.466 e. The van der Waals surface area contributed by atoms with Crippen LogP contribution in [-0.2, 0) is 20.9 Å². The Bertz CT molecular complexity index is 1290. The third kappa shape index (κ3) is 6.71. The second kappa shape index (κ2) is 12.6. The van der Waals surface area contributed by atoms with E-state index < -0.39 is 5.97 Å². The van der Waals surface area contributed by atoms with Crippen LogP contribution in [0.4, 0.5) is 11.4 Å². The molecule has 1 amide bonds. The van der Waals surface area contributed by atoms with Crippen LogP contribution in [0.5, 0.6) is 0 Å². The van der Waals surface area contributed by atoms with E-state index in [1.165, 1.54) is 42.0 Å². The lowest BCUT2D eigenvalue weighted by Gasteiger charge is -2.30. The third-order valence-electron chi connectivity index (χ3n) is 7.34. The topological polar surface area (TPSA) is 49.9 Å². The number of hydrogen-bond acceptors (Lipinski definition) is 4. The predicted octanol–water partition coefficient (Wildman–Crippen LogP) is 7.03. The zero-order valence-electron chi connectivity index (χ0n) is 22.9. The predicted molar refractivity (Wildman–Crippen MR) is 156 cm³/mol. The SMILES string of the molecule is COC(=O)/C=C/c1cccc(N(Cc2ccc(-c3ccc(N(C)C)cc3)c(C)c2)C(=O)C2CCCCC2)c1. The van der Waals surface area contributed by atoms with Gasteiger partial charge >= 0.3 is 5.97 Å². The number of nitrogens with zero attached hydrogens (tertiary/aromatic N) is 2. The lowest BCUT2D eigenvalue weighted by molar-refractivity contribution is -0.134. The lowest BCUT2D eigenvalue weighted by Crippen LogP contribution is -2.36. The van der Waals surface area contributed by atoms with Gasteiger partial charge in [0, 0.05) is 37.5 Å². The smallest absolute Gasteiger partial charge is 0.330 e. The van der Waals surface area contributed by atoms with E-state index in [-0.39, 0.29) is 11.8 Å². The molecule has 0 spiro atoms. The standard InChI is InChI=1S/C33H38N2O3/c1-24-21-26(13-19-31(24)27-15-17-29(18-16-27)34(2)3)23-35(33(37)28-10-6-5-7-11-28)30-12-8-9-25(22-30)14-20-32(36)38-4/h8-9,12-22,28H,5-7,10-11,23H2,1-4H3/b20-14+. The van der Waals surface area contributed by atoms with Crippen molar-refractivity contribution in [2.45, 2.75) is 45.6 Å². The number of amides is 1. The van der Waals surface area contributed by atoms with E-state index >= 15 is 0 Å². The van der Waals surface area contributed by atoms with Crippen molar-refractivity contribution in [3.05, 3.63) is 89.5 Å². The molecule has 38 heavy (non-hydrogen) atoms. The number of hydrogen-bond donors (Lipinski definition) is 0. The van der Waals surface area contributed by atoms with Gasteiger partial charge in [-0.15, -0.1) is 0 Å². The summed E-state index contributed by atoms with van der Waals surface area (Å²) in [6.45, 7) is 2.63. The number of esters is 1. The molecule has 5 heteroatoms. The molecule has 4 rings (SSSR count). The average molecular weight is 511 g/mol. The van der Waals surface area contributed by atoms with Crippen LogP contribution in [0.15, 0.2) is 72.8 Å². The van der Waals surface area contributed by atoms with E-state index in [2.05, 4.69) is 54.3 Å². The van der Waals surface area contributed by atoms with Gasteiger partial charge in [0.25, 0.3) is 0 Å². The van der Waals surface area contributed by atoms with Gasteiger partial charge in [0.05, 0.1) is 13.7 Å². The summed E-state index contributed by atoms with van der Waals surface area (Å²) < 4.78 is 4.72. The van der Waals surface area contributed by atoms with Gasteiger partial charge in [0.1, 0.15) is 0 Å². The highest BCUT2D eigenvalue weighted by Gasteiger charge is 2.27. The number of ether oxygens (including phenoxy) is 1. The van der Waals surface area contributed by atoms with E-state index in [0.29, 0.717) is 6.54 Å². The summed E-state index contributed by atoms with van der Waals surface area (Å²) in [7, 11) is 5.45. The number of methoxy groups -OCH3 is 1. The molecule has 0 heterocycles. The van der Waals surface area contributed by atoms with Crippen LogP contribution in [0.25, 0.3) is 17.2 Å². The quantitative estimate of drug-likeness (QED) is 0.241. The zero-order valence-corrected chi connectivity index (χ0v) is 22.9. The Balaban J connectivity index is 1.62. The van der Waals surface area contributed by atoms with Crippen molar-refractivity contribution in [2.75, 3.05) is 31.0 Å². The van der Waals surface area contributed by atoms with Gasteiger partial charge in [-0.2, -0.15) is 0 Å². The molecule has 0 aromatic heterocycles. The monoisotopic (exact) mass is 510 g/mol. The van der Waals surface area contributed by atoms with E-state index in [1.807, 2.05) is 43.3 Å². The fourth-order valence-electron chi connectivity index (χ4n) is 5.16. The maximum atomic E-state index is 13.8. The summed E-state index contributed by atoms with van der Waals surface area (Å²) in [5.41, 5.74) is 7.51. The van der Waals surface area contributed by atoms with Crippen molar-refractivity contribution >= 4 is 29.3 Å². The maximum absolute atomic E-state index is 13.8. The van der Waals surface area contributed by atoms with Crippen LogP contribution in [0, 0.1) is 12.8 Å². The van der Waals surface area contributed by atoms with Crippen molar-refractivity contribution in [3.8, 4) is 11.1 Å². The molecule has 5 nitrogen and oxygen atoms in total. The molecule has 1 saturated carbocycles. The summed E-state index contributed by atoms with van der Waals surface area (Å²) in [6.07, 6.45) is 8.42. The summed E-state index contributed by atoms with van der Waals surface area (Å²) in [4.78, 5) is 29.4. The first kappa shape index (κ1) is 27.2. The third-order valence-corrected chi connectivity index (χ3v) is 7.34. The van der Waals surface area contributed by atoms with Crippen LogP contribution in [0.1, 0.15) is 48.8 Å². The summed E-state index contributed by atoms with van der Waals surface area (Å²) in [5.74, 6) is -0.175. The normalized spacial score (nSPS) is 13.9. The number of rotatable bonds is 8. The molecule has 1 fully saturated rings. The van der Waals surface area contributed by atoms with Crippen molar-refractivity contribution < 1.29 is 14.3 Å². The molecule has 0 saturated heterocycles. The molecule has 1 aliphatic carbocycles. The van der Waals surface area contributed by atoms with Gasteiger partial charge in [0.2, 0.25) is 5.91 Å². The van der Waals surface area contributed by atoms with Crippen molar-refractivity contribution in [1.29, 1.82) is 0 Å². The van der Waals surface area contributed by atoms with Gasteiger partial charge in [-0.25, -0.2) is 4.79 Å². The molecule has 0 aliphatic heterocycles. The average Bonchev–Trinajstić information content (AvgIpc) is 2.95. The minimum Gasteiger partial charge on any atom is -0.466 e. The van der Waals surface area contributed by atoms with E-state index in [1.54, 1.807) is 6.08 Å². The van der Waals surface area contributed by atoms with Crippen LogP contribution >= 0.6 is 0 Å². The van der Waals surface area contributed by atoms with Crippen LogP contribution in [0.3, 0.4) is 0 Å². The maximum Gasteiger partial charge on any atom is 0.330 e. The molecule has 198 valence electrons. The zero-order chi connectivity index (χ0) is 27.1. The second-order valence-corrected chi connectivity index (χ2v) is 10.3. The van der Waals surface area contributed by atoms with E-state index in [9.17, 15) is 9.59 Å². The first-order chi connectivity index (χ1) is 18.4. The summed E-state index contributed by atoms with van der Waals surface area (Å²) in [6, 6.07) is 22.9. The first-order valence-corrected chi connectivity index (χ1v) is 13.4. The molecule has 3 aromatic rings. The van der Waals surface area contributed by atoms with Crippen molar-refractivity contribution in [2.24, 2.45) is 5.92 Å². The molecule has 0 unspecified atom stereocenters. The highest BCUT2D eigenvalue weighted by molar-refractivity contribution is 5.95. The van der Waals surface area contributed by atoms with Gasteiger partial charge < -0.3 is 14.5 Å². The number of benzene rings is 3. The molecular formula is C33H38N2O3. The lowest BCUT2D eigenvalue weighted by atomic mass is 9.88. The molecule has 1 aliphatic rings. The minimum absolute atomic E-state index is 0.0496. The number of anilines is 2. The van der Waals surface area contributed by atoms with Gasteiger partial charge in [0.15, 0.2) is 0 Å². The summed E-state index contributed by atoms with van der Waals surface area (Å²) >= 11 is 0. The first-order valence-electron chi connectivity index (χ1n) is 13.4. The van der Waals surface area contributed by atoms with Crippen molar-refractivity contribution in [3.63, 3.8) is 0 Å². The Kier molecular flexibility index (Phi) is 9.01. The Morgan fingerprint density at radius 1 is 0.921 bits per heavy atom. The molecule has 0 N–H and O–H groups in total. The molecule has 3 aromatic carbocycles. The van der Waals surface area contributed by atoms with E-state index in [4.69, 9.17) is 4.74 Å². The summed E-state index contributed by atoms with van der Waals surface area (Å²) in [5, 5.41) is 0.